The van der Waals surface area contributed by atoms with Crippen LogP contribution in [0.1, 0.15) is 24.0 Å². The zero-order valence-electron chi connectivity index (χ0n) is 13.9. The Hall–Kier alpha value is -2.96. The molecular formula is C17H20N4O3. The molecule has 24 heavy (non-hydrogen) atoms. The first kappa shape index (κ1) is 15.9. The number of rotatable bonds is 5. The minimum Gasteiger partial charge on any atom is -0.497 e. The lowest BCUT2D eigenvalue weighted by Crippen LogP contribution is -2.04. The molecule has 0 saturated heterocycles. The summed E-state index contributed by atoms with van der Waals surface area (Å²) in [5.74, 6) is 2.16. The van der Waals surface area contributed by atoms with Crippen LogP contribution in [0.4, 0.5) is 11.8 Å². The maximum atomic E-state index is 5.98. The molecule has 3 aromatic rings. The number of methoxy groups -OCH3 is 2. The first-order valence-electron chi connectivity index (χ1n) is 7.54. The highest BCUT2D eigenvalue weighted by atomic mass is 16.5. The van der Waals surface area contributed by atoms with Crippen LogP contribution in [-0.4, -0.2) is 24.2 Å². The highest BCUT2D eigenvalue weighted by Gasteiger charge is 2.19. The Bertz CT molecular complexity index is 876. The molecule has 4 N–H and O–H groups in total. The lowest BCUT2D eigenvalue weighted by Gasteiger charge is -2.16. The number of hydrogen-bond donors (Lipinski definition) is 2. The molecule has 2 aromatic heterocycles. The molecule has 0 spiro atoms. The van der Waals surface area contributed by atoms with Gasteiger partial charge < -0.3 is 25.4 Å². The van der Waals surface area contributed by atoms with Crippen molar-refractivity contribution in [2.75, 3.05) is 25.7 Å². The molecule has 1 unspecified atom stereocenters. The fraction of sp³-hybridized carbons (Fsp3) is 0.294. The van der Waals surface area contributed by atoms with E-state index in [2.05, 4.69) is 16.9 Å². The molecule has 0 radical (unpaired) electrons. The summed E-state index contributed by atoms with van der Waals surface area (Å²) in [4.78, 5) is 8.09. The quantitative estimate of drug-likeness (QED) is 0.741. The zero-order valence-corrected chi connectivity index (χ0v) is 13.9. The third-order valence-corrected chi connectivity index (χ3v) is 4.05. The summed E-state index contributed by atoms with van der Waals surface area (Å²) in [5, 5.41) is 0.706. The van der Waals surface area contributed by atoms with E-state index >= 15 is 0 Å². The summed E-state index contributed by atoms with van der Waals surface area (Å²) in [6, 6.07) is 5.75. The lowest BCUT2D eigenvalue weighted by atomic mass is 9.93. The summed E-state index contributed by atoms with van der Waals surface area (Å²) in [6.45, 7) is 2.10. The van der Waals surface area contributed by atoms with Gasteiger partial charge in [0.05, 0.1) is 25.9 Å². The van der Waals surface area contributed by atoms with Crippen molar-refractivity contribution in [3.63, 3.8) is 0 Å². The van der Waals surface area contributed by atoms with Crippen LogP contribution in [0.15, 0.2) is 28.9 Å². The van der Waals surface area contributed by atoms with Gasteiger partial charge in [0, 0.05) is 11.1 Å². The SMILES string of the molecule is COc1ccc(OC)c(C(C)Cc2coc3nc(N)nc(N)c23)c1. The summed E-state index contributed by atoms with van der Waals surface area (Å²) in [5.41, 5.74) is 14.0. The highest BCUT2D eigenvalue weighted by Crippen LogP contribution is 2.35. The van der Waals surface area contributed by atoms with E-state index in [0.717, 1.165) is 22.6 Å². The third kappa shape index (κ3) is 2.80. The fourth-order valence-electron chi connectivity index (χ4n) is 2.86. The van der Waals surface area contributed by atoms with Crippen LogP contribution in [-0.2, 0) is 6.42 Å². The second-order valence-electron chi connectivity index (χ2n) is 5.62. The van der Waals surface area contributed by atoms with Gasteiger partial charge in [-0.3, -0.25) is 0 Å². The number of benzene rings is 1. The van der Waals surface area contributed by atoms with E-state index in [1.165, 1.54) is 0 Å². The van der Waals surface area contributed by atoms with Crippen LogP contribution >= 0.6 is 0 Å². The van der Waals surface area contributed by atoms with Crippen LogP contribution < -0.4 is 20.9 Å². The molecule has 0 aliphatic heterocycles. The number of nitrogen functional groups attached to an aromatic ring is 2. The van der Waals surface area contributed by atoms with Gasteiger partial charge in [0.1, 0.15) is 17.3 Å². The smallest absolute Gasteiger partial charge is 0.233 e. The molecule has 0 aliphatic carbocycles. The predicted molar refractivity (Wildman–Crippen MR) is 92.3 cm³/mol. The van der Waals surface area contributed by atoms with Gasteiger partial charge in [-0.15, -0.1) is 0 Å². The van der Waals surface area contributed by atoms with Crippen molar-refractivity contribution in [1.82, 2.24) is 9.97 Å². The topological polar surface area (TPSA) is 109 Å². The van der Waals surface area contributed by atoms with E-state index in [4.69, 9.17) is 25.4 Å². The second kappa shape index (κ2) is 6.27. The predicted octanol–water partition coefficient (Wildman–Crippen LogP) is 2.75. The molecule has 1 aromatic carbocycles. The van der Waals surface area contributed by atoms with E-state index in [0.29, 0.717) is 23.3 Å². The minimum atomic E-state index is 0.100. The number of nitrogens with two attached hydrogens (primary N) is 2. The molecule has 3 rings (SSSR count). The lowest BCUT2D eigenvalue weighted by molar-refractivity contribution is 0.396. The summed E-state index contributed by atoms with van der Waals surface area (Å²) in [7, 11) is 3.29. The number of aromatic nitrogens is 2. The van der Waals surface area contributed by atoms with Crippen molar-refractivity contribution in [1.29, 1.82) is 0 Å². The van der Waals surface area contributed by atoms with E-state index < -0.39 is 0 Å². The molecule has 7 heteroatoms. The van der Waals surface area contributed by atoms with E-state index in [1.54, 1.807) is 20.5 Å². The van der Waals surface area contributed by atoms with Gasteiger partial charge in [0.25, 0.3) is 0 Å². The second-order valence-corrected chi connectivity index (χ2v) is 5.62. The number of hydrogen-bond acceptors (Lipinski definition) is 7. The van der Waals surface area contributed by atoms with Crippen LogP contribution in [0.2, 0.25) is 0 Å². The van der Waals surface area contributed by atoms with E-state index in [1.807, 2.05) is 18.2 Å². The fourth-order valence-corrected chi connectivity index (χ4v) is 2.86. The molecule has 1 atom stereocenters. The number of furan rings is 1. The molecule has 0 amide bonds. The normalized spacial score (nSPS) is 12.3. The third-order valence-electron chi connectivity index (χ3n) is 4.05. The van der Waals surface area contributed by atoms with Crippen LogP contribution in [0, 0.1) is 0 Å². The molecule has 0 aliphatic rings. The molecule has 0 bridgehead atoms. The Morgan fingerprint density at radius 2 is 1.96 bits per heavy atom. The van der Waals surface area contributed by atoms with Crippen molar-refractivity contribution in [2.24, 2.45) is 0 Å². The average Bonchev–Trinajstić information content (AvgIpc) is 2.96. The highest BCUT2D eigenvalue weighted by molar-refractivity contribution is 5.88. The van der Waals surface area contributed by atoms with Gasteiger partial charge in [-0.05, 0) is 30.5 Å². The molecule has 2 heterocycles. The molecule has 7 nitrogen and oxygen atoms in total. The standard InChI is InChI=1S/C17H20N4O3/c1-9(12-7-11(22-2)4-5-13(12)23-3)6-10-8-24-16-14(10)15(18)20-17(19)21-16/h4-5,7-9H,6H2,1-3H3,(H4,18,19,20,21). The van der Waals surface area contributed by atoms with Gasteiger partial charge >= 0.3 is 0 Å². The van der Waals surface area contributed by atoms with Gasteiger partial charge in [0.15, 0.2) is 0 Å². The monoisotopic (exact) mass is 328 g/mol. The van der Waals surface area contributed by atoms with Crippen molar-refractivity contribution in [2.45, 2.75) is 19.3 Å². The molecule has 0 fully saturated rings. The number of fused-ring (bicyclic) bond motifs is 1. The number of ether oxygens (including phenoxy) is 2. The Kier molecular flexibility index (Phi) is 4.16. The average molecular weight is 328 g/mol. The van der Waals surface area contributed by atoms with Gasteiger partial charge in [-0.1, -0.05) is 6.92 Å². The zero-order chi connectivity index (χ0) is 17.3. The Balaban J connectivity index is 1.97. The van der Waals surface area contributed by atoms with Gasteiger partial charge in [0.2, 0.25) is 11.7 Å². The summed E-state index contributed by atoms with van der Waals surface area (Å²) < 4.78 is 16.3. The Labute approximate surface area is 139 Å². The van der Waals surface area contributed by atoms with Crippen LogP contribution in [0.5, 0.6) is 11.5 Å². The summed E-state index contributed by atoms with van der Waals surface area (Å²) >= 11 is 0. The van der Waals surface area contributed by atoms with Crippen molar-refractivity contribution >= 4 is 22.9 Å². The van der Waals surface area contributed by atoms with Crippen molar-refractivity contribution < 1.29 is 13.9 Å². The first-order chi connectivity index (χ1) is 11.5. The largest absolute Gasteiger partial charge is 0.497 e. The van der Waals surface area contributed by atoms with Crippen LogP contribution in [0.25, 0.3) is 11.1 Å². The maximum Gasteiger partial charge on any atom is 0.233 e. The van der Waals surface area contributed by atoms with Crippen molar-refractivity contribution in [3.8, 4) is 11.5 Å². The van der Waals surface area contributed by atoms with Crippen molar-refractivity contribution in [3.05, 3.63) is 35.6 Å². The molecular weight excluding hydrogens is 308 g/mol. The minimum absolute atomic E-state index is 0.100. The van der Waals surface area contributed by atoms with Crippen LogP contribution in [0.3, 0.4) is 0 Å². The number of anilines is 2. The summed E-state index contributed by atoms with van der Waals surface area (Å²) in [6.07, 6.45) is 2.34. The maximum absolute atomic E-state index is 5.98. The first-order valence-corrected chi connectivity index (χ1v) is 7.54. The van der Waals surface area contributed by atoms with E-state index in [9.17, 15) is 0 Å². The number of nitrogens with zero attached hydrogens (tertiary/aromatic N) is 2. The molecule has 126 valence electrons. The van der Waals surface area contributed by atoms with Gasteiger partial charge in [-0.2, -0.15) is 9.97 Å². The van der Waals surface area contributed by atoms with E-state index in [-0.39, 0.29) is 11.9 Å². The Morgan fingerprint density at radius 3 is 2.67 bits per heavy atom. The molecule has 0 saturated carbocycles. The van der Waals surface area contributed by atoms with Gasteiger partial charge in [-0.25, -0.2) is 0 Å². The Morgan fingerprint density at radius 1 is 1.17 bits per heavy atom.